The van der Waals surface area contributed by atoms with Crippen LogP contribution in [0.15, 0.2) is 53.1 Å². The third-order valence-corrected chi connectivity index (χ3v) is 5.49. The predicted octanol–water partition coefficient (Wildman–Crippen LogP) is 4.14. The average molecular weight is 439 g/mol. The molecule has 3 aromatic rings. The summed E-state index contributed by atoms with van der Waals surface area (Å²) in [5.41, 5.74) is 0.905. The zero-order valence-electron chi connectivity index (χ0n) is 18.0. The summed E-state index contributed by atoms with van der Waals surface area (Å²) in [7, 11) is 1.61. The van der Waals surface area contributed by atoms with E-state index in [0.717, 1.165) is 30.6 Å². The van der Waals surface area contributed by atoms with Crippen molar-refractivity contribution in [3.8, 4) is 11.5 Å². The molecule has 0 saturated carbocycles. The molecular weight excluding hydrogens is 413 g/mol. The molecule has 8 heteroatoms. The van der Waals surface area contributed by atoms with E-state index in [0.29, 0.717) is 43.5 Å². The van der Waals surface area contributed by atoms with Gasteiger partial charge < -0.3 is 18.9 Å². The van der Waals surface area contributed by atoms with E-state index in [-0.39, 0.29) is 17.8 Å². The zero-order chi connectivity index (χ0) is 22.3. The van der Waals surface area contributed by atoms with E-state index in [1.165, 1.54) is 12.1 Å². The number of hydrogen-bond donors (Lipinski definition) is 0. The van der Waals surface area contributed by atoms with Gasteiger partial charge in [0.2, 0.25) is 11.8 Å². The summed E-state index contributed by atoms with van der Waals surface area (Å²) < 4.78 is 29.3. The van der Waals surface area contributed by atoms with Gasteiger partial charge in [-0.3, -0.25) is 4.79 Å². The summed E-state index contributed by atoms with van der Waals surface area (Å²) in [6.45, 7) is 1.01. The summed E-state index contributed by atoms with van der Waals surface area (Å²) in [4.78, 5) is 19.4. The van der Waals surface area contributed by atoms with Crippen molar-refractivity contribution in [1.82, 2.24) is 15.0 Å². The maximum absolute atomic E-state index is 13.1. The van der Waals surface area contributed by atoms with Crippen LogP contribution >= 0.6 is 0 Å². The molecule has 1 saturated heterocycles. The minimum atomic E-state index is -0.307. The highest BCUT2D eigenvalue weighted by Crippen LogP contribution is 2.30. The van der Waals surface area contributed by atoms with Crippen LogP contribution in [-0.2, 0) is 17.6 Å². The Bertz CT molecular complexity index is 1040. The van der Waals surface area contributed by atoms with Crippen molar-refractivity contribution in [1.29, 1.82) is 0 Å². The Hall–Kier alpha value is -3.42. The average Bonchev–Trinajstić information content (AvgIpc) is 3.29. The van der Waals surface area contributed by atoms with Crippen LogP contribution in [0.2, 0.25) is 0 Å². The van der Waals surface area contributed by atoms with Crippen molar-refractivity contribution < 1.29 is 23.2 Å². The monoisotopic (exact) mass is 439 g/mol. The molecule has 4 rings (SSSR count). The molecule has 1 aromatic heterocycles. The van der Waals surface area contributed by atoms with E-state index in [1.807, 2.05) is 29.2 Å². The van der Waals surface area contributed by atoms with Crippen LogP contribution in [0.25, 0.3) is 0 Å². The SMILES string of the molecule is COc1cccc(CC(=O)N2CCCCC2c2nc(CCOc3ccc(F)cc3)no2)c1. The number of rotatable bonds is 8. The Morgan fingerprint density at radius 2 is 2.03 bits per heavy atom. The first kappa shape index (κ1) is 21.8. The standard InChI is InChI=1S/C24H26FN3O4/c1-30-20-6-4-5-17(15-20)16-23(29)28-13-3-2-7-21(28)24-26-22(27-32-24)12-14-31-19-10-8-18(25)9-11-19/h4-6,8-11,15,21H,2-3,7,12-14,16H2,1H3. The summed E-state index contributed by atoms with van der Waals surface area (Å²) in [6, 6.07) is 13.2. The molecule has 0 N–H and O–H groups in total. The van der Waals surface area contributed by atoms with Gasteiger partial charge in [0.05, 0.1) is 20.1 Å². The maximum atomic E-state index is 13.1. The Kier molecular flexibility index (Phi) is 6.99. The summed E-state index contributed by atoms with van der Waals surface area (Å²) in [5, 5.41) is 4.06. The Morgan fingerprint density at radius 1 is 1.19 bits per heavy atom. The van der Waals surface area contributed by atoms with E-state index < -0.39 is 0 Å². The van der Waals surface area contributed by atoms with Crippen molar-refractivity contribution in [3.05, 3.63) is 71.6 Å². The third-order valence-electron chi connectivity index (χ3n) is 5.49. The fourth-order valence-corrected chi connectivity index (χ4v) is 3.84. The van der Waals surface area contributed by atoms with Crippen molar-refractivity contribution >= 4 is 5.91 Å². The number of ether oxygens (including phenoxy) is 2. The second-order valence-electron chi connectivity index (χ2n) is 7.73. The fourth-order valence-electron chi connectivity index (χ4n) is 3.84. The quantitative estimate of drug-likeness (QED) is 0.525. The van der Waals surface area contributed by atoms with Gasteiger partial charge in [-0.1, -0.05) is 17.3 Å². The minimum Gasteiger partial charge on any atom is -0.497 e. The number of likely N-dealkylation sites (tertiary alicyclic amines) is 1. The number of carbonyl (C=O) groups is 1. The first-order valence-corrected chi connectivity index (χ1v) is 10.8. The van der Waals surface area contributed by atoms with E-state index >= 15 is 0 Å². The molecule has 1 aliphatic heterocycles. The van der Waals surface area contributed by atoms with E-state index in [1.54, 1.807) is 19.2 Å². The van der Waals surface area contributed by atoms with Crippen LogP contribution in [-0.4, -0.2) is 41.2 Å². The molecule has 0 aliphatic carbocycles. The number of aromatic nitrogens is 2. The third kappa shape index (κ3) is 5.43. The van der Waals surface area contributed by atoms with Gasteiger partial charge in [0.1, 0.15) is 23.4 Å². The number of nitrogens with zero attached hydrogens (tertiary/aromatic N) is 3. The summed E-state index contributed by atoms with van der Waals surface area (Å²) in [6.07, 6.45) is 3.48. The van der Waals surface area contributed by atoms with E-state index in [2.05, 4.69) is 10.1 Å². The second kappa shape index (κ2) is 10.3. The number of halogens is 1. The van der Waals surface area contributed by atoms with Gasteiger partial charge in [0, 0.05) is 13.0 Å². The summed E-state index contributed by atoms with van der Waals surface area (Å²) in [5.74, 6) is 2.01. The molecule has 1 fully saturated rings. The van der Waals surface area contributed by atoms with Crippen LogP contribution in [0.5, 0.6) is 11.5 Å². The fraction of sp³-hybridized carbons (Fsp3) is 0.375. The van der Waals surface area contributed by atoms with Crippen LogP contribution in [0, 0.1) is 5.82 Å². The number of benzene rings is 2. The van der Waals surface area contributed by atoms with Crippen LogP contribution in [0.1, 0.15) is 42.6 Å². The number of piperidine rings is 1. The molecular formula is C24H26FN3O4. The Balaban J connectivity index is 1.37. The first-order chi connectivity index (χ1) is 15.6. The van der Waals surface area contributed by atoms with Gasteiger partial charge in [-0.2, -0.15) is 4.98 Å². The molecule has 1 amide bonds. The molecule has 1 atom stereocenters. The van der Waals surface area contributed by atoms with E-state index in [9.17, 15) is 9.18 Å². The van der Waals surface area contributed by atoms with Gasteiger partial charge in [-0.05, 0) is 61.2 Å². The minimum absolute atomic E-state index is 0.0300. The Labute approximate surface area is 186 Å². The number of amides is 1. The molecule has 7 nitrogen and oxygen atoms in total. The van der Waals surface area contributed by atoms with Gasteiger partial charge in [0.15, 0.2) is 5.82 Å². The van der Waals surface area contributed by atoms with Crippen LogP contribution in [0.4, 0.5) is 4.39 Å². The molecule has 2 aromatic carbocycles. The lowest BCUT2D eigenvalue weighted by molar-refractivity contribution is -0.135. The molecule has 0 radical (unpaired) electrons. The lowest BCUT2D eigenvalue weighted by atomic mass is 10.0. The van der Waals surface area contributed by atoms with Gasteiger partial charge in [-0.15, -0.1) is 0 Å². The van der Waals surface area contributed by atoms with Crippen molar-refractivity contribution in [2.75, 3.05) is 20.3 Å². The largest absolute Gasteiger partial charge is 0.497 e. The lowest BCUT2D eigenvalue weighted by Crippen LogP contribution is -2.39. The lowest BCUT2D eigenvalue weighted by Gasteiger charge is -2.33. The predicted molar refractivity (Wildman–Crippen MR) is 115 cm³/mol. The van der Waals surface area contributed by atoms with Crippen LogP contribution < -0.4 is 9.47 Å². The van der Waals surface area contributed by atoms with Crippen molar-refractivity contribution in [3.63, 3.8) is 0 Å². The molecule has 2 heterocycles. The molecule has 1 aliphatic rings. The molecule has 1 unspecified atom stereocenters. The smallest absolute Gasteiger partial charge is 0.249 e. The topological polar surface area (TPSA) is 77.7 Å². The number of carbonyl (C=O) groups excluding carboxylic acids is 1. The highest BCUT2D eigenvalue weighted by Gasteiger charge is 2.32. The normalized spacial score (nSPS) is 16.1. The van der Waals surface area contributed by atoms with Crippen LogP contribution in [0.3, 0.4) is 0 Å². The first-order valence-electron chi connectivity index (χ1n) is 10.8. The van der Waals surface area contributed by atoms with E-state index in [4.69, 9.17) is 14.0 Å². The highest BCUT2D eigenvalue weighted by molar-refractivity contribution is 5.79. The maximum Gasteiger partial charge on any atom is 0.249 e. The van der Waals surface area contributed by atoms with Crippen molar-refractivity contribution in [2.45, 2.75) is 38.1 Å². The highest BCUT2D eigenvalue weighted by atomic mass is 19.1. The molecule has 168 valence electrons. The molecule has 32 heavy (non-hydrogen) atoms. The zero-order valence-corrected chi connectivity index (χ0v) is 18.0. The van der Waals surface area contributed by atoms with Gasteiger partial charge in [0.25, 0.3) is 0 Å². The number of hydrogen-bond acceptors (Lipinski definition) is 6. The molecule has 0 bridgehead atoms. The number of methoxy groups -OCH3 is 1. The second-order valence-corrected chi connectivity index (χ2v) is 7.73. The summed E-state index contributed by atoms with van der Waals surface area (Å²) >= 11 is 0. The molecule has 0 spiro atoms. The van der Waals surface area contributed by atoms with Gasteiger partial charge >= 0.3 is 0 Å². The van der Waals surface area contributed by atoms with Gasteiger partial charge in [-0.25, -0.2) is 4.39 Å². The Morgan fingerprint density at radius 3 is 2.84 bits per heavy atom. The van der Waals surface area contributed by atoms with Crippen molar-refractivity contribution in [2.24, 2.45) is 0 Å².